The van der Waals surface area contributed by atoms with Gasteiger partial charge in [0.15, 0.2) is 6.61 Å². The standard InChI is InChI=1S/C24H25N2O3S/c1-26-12-10-17(11-13-26)23-20-5-3-2-4-16(20)6-7-18-14-19(30-24(18)23)8-9-22(28)29-15-21(25)27/h2-5,8-9,14,25H,6-7,10-13,15H2,1H3. The third-order valence-electron chi connectivity index (χ3n) is 5.68. The average molecular weight is 422 g/mol. The van der Waals surface area contributed by atoms with Crippen LogP contribution in [0.1, 0.15) is 39.3 Å². The van der Waals surface area contributed by atoms with Gasteiger partial charge in [-0.25, -0.2) is 4.79 Å². The Balaban J connectivity index is 1.69. The average Bonchev–Trinajstić information content (AvgIpc) is 3.07. The summed E-state index contributed by atoms with van der Waals surface area (Å²) in [6, 6.07) is 10.9. The Bertz CT molecular complexity index is 1020. The van der Waals surface area contributed by atoms with E-state index in [-0.39, 0.29) is 0 Å². The Morgan fingerprint density at radius 1 is 1.13 bits per heavy atom. The molecule has 1 aliphatic heterocycles. The highest BCUT2D eigenvalue weighted by Crippen LogP contribution is 2.42. The number of hydrogen-bond donors (Lipinski definition) is 0. The lowest BCUT2D eigenvalue weighted by molar-refractivity contribution is -0.142. The van der Waals surface area contributed by atoms with Crippen molar-refractivity contribution >= 4 is 34.9 Å². The number of hydrogen-bond acceptors (Lipinski definition) is 5. The number of carbonyl (C=O) groups is 2. The monoisotopic (exact) mass is 421 g/mol. The third kappa shape index (κ3) is 4.55. The number of ether oxygens (including phenoxy) is 1. The number of carbonyl (C=O) groups excluding carboxylic acids is 2. The van der Waals surface area contributed by atoms with Gasteiger partial charge < -0.3 is 9.64 Å². The first-order valence-electron chi connectivity index (χ1n) is 10.2. The Morgan fingerprint density at radius 3 is 2.63 bits per heavy atom. The molecule has 0 spiro atoms. The number of likely N-dealkylation sites (tertiary alicyclic amines) is 1. The number of nitrogens with zero attached hydrogens (tertiary/aromatic N) is 1. The fraction of sp³-hybridized carbons (Fsp3) is 0.333. The van der Waals surface area contributed by atoms with Crippen LogP contribution in [0.5, 0.6) is 0 Å². The number of aryl methyl sites for hydroxylation is 2. The minimum absolute atomic E-state index is 0.508. The van der Waals surface area contributed by atoms with Gasteiger partial charge in [0.05, 0.1) is 0 Å². The van der Waals surface area contributed by atoms with Crippen LogP contribution >= 0.6 is 11.3 Å². The van der Waals surface area contributed by atoms with Crippen LogP contribution in [0, 0.1) is 0 Å². The molecule has 4 rings (SSSR count). The smallest absolute Gasteiger partial charge is 0.331 e. The summed E-state index contributed by atoms with van der Waals surface area (Å²) in [4.78, 5) is 27.1. The Labute approximate surface area is 180 Å². The van der Waals surface area contributed by atoms with Gasteiger partial charge in [-0.15, -0.1) is 11.3 Å². The van der Waals surface area contributed by atoms with Crippen LogP contribution < -0.4 is 5.73 Å². The fourth-order valence-electron chi connectivity index (χ4n) is 4.13. The van der Waals surface area contributed by atoms with E-state index in [0.29, 0.717) is 0 Å². The molecule has 1 aliphatic carbocycles. The van der Waals surface area contributed by atoms with E-state index in [1.165, 1.54) is 38.8 Å². The molecule has 2 heterocycles. The van der Waals surface area contributed by atoms with Crippen LogP contribution in [0.4, 0.5) is 0 Å². The molecule has 1 aromatic carbocycles. The summed E-state index contributed by atoms with van der Waals surface area (Å²) in [6.07, 6.45) is 7.23. The number of nitrogens with one attached hydrogen (secondary N) is 1. The number of piperidine rings is 1. The second kappa shape index (κ2) is 8.98. The van der Waals surface area contributed by atoms with E-state index < -0.39 is 18.5 Å². The Kier molecular flexibility index (Phi) is 6.16. The van der Waals surface area contributed by atoms with Gasteiger partial charge in [0.1, 0.15) is 0 Å². The summed E-state index contributed by atoms with van der Waals surface area (Å²) in [5, 5.41) is 0. The molecular formula is C24H25N2O3S. The maximum atomic E-state index is 11.8. The predicted octanol–water partition coefficient (Wildman–Crippen LogP) is 3.74. The van der Waals surface area contributed by atoms with Crippen molar-refractivity contribution in [3.8, 4) is 0 Å². The molecule has 30 heavy (non-hydrogen) atoms. The van der Waals surface area contributed by atoms with Crippen molar-refractivity contribution < 1.29 is 14.3 Å². The quantitative estimate of drug-likeness (QED) is 0.557. The summed E-state index contributed by atoms with van der Waals surface area (Å²) in [7, 11) is 2.18. The molecule has 1 fully saturated rings. The Hall–Kier alpha value is -2.70. The van der Waals surface area contributed by atoms with Crippen molar-refractivity contribution in [1.82, 2.24) is 10.6 Å². The molecule has 1 radical (unpaired) electrons. The lowest BCUT2D eigenvalue weighted by atomic mass is 9.90. The van der Waals surface area contributed by atoms with Crippen LogP contribution in [0.3, 0.4) is 0 Å². The van der Waals surface area contributed by atoms with Crippen LogP contribution in [0.15, 0.2) is 42.0 Å². The lowest BCUT2D eigenvalue weighted by Crippen LogP contribution is -2.26. The van der Waals surface area contributed by atoms with Crippen molar-refractivity contribution in [1.29, 1.82) is 0 Å². The van der Waals surface area contributed by atoms with Gasteiger partial charge in [0.2, 0.25) is 0 Å². The molecule has 1 aromatic heterocycles. The first kappa shape index (κ1) is 20.6. The largest absolute Gasteiger partial charge is 0.452 e. The van der Waals surface area contributed by atoms with E-state index in [1.54, 1.807) is 17.4 Å². The number of benzene rings is 1. The summed E-state index contributed by atoms with van der Waals surface area (Å²) in [5.41, 5.74) is 13.8. The van der Waals surface area contributed by atoms with Crippen molar-refractivity contribution in [3.63, 3.8) is 0 Å². The van der Waals surface area contributed by atoms with Crippen LogP contribution in [0.2, 0.25) is 0 Å². The summed E-state index contributed by atoms with van der Waals surface area (Å²) in [5.74, 6) is -1.51. The summed E-state index contributed by atoms with van der Waals surface area (Å²) < 4.78 is 4.75. The molecule has 0 bridgehead atoms. The number of fused-ring (bicyclic) bond motifs is 2. The molecule has 155 valence electrons. The molecule has 6 heteroatoms. The van der Waals surface area contributed by atoms with E-state index >= 15 is 0 Å². The van der Waals surface area contributed by atoms with Crippen LogP contribution in [-0.2, 0) is 27.2 Å². The van der Waals surface area contributed by atoms with Gasteiger partial charge in [0.25, 0.3) is 5.91 Å². The predicted molar refractivity (Wildman–Crippen MR) is 119 cm³/mol. The number of rotatable bonds is 4. The maximum Gasteiger partial charge on any atom is 0.331 e. The third-order valence-corrected chi connectivity index (χ3v) is 6.84. The lowest BCUT2D eigenvalue weighted by Gasteiger charge is -2.27. The Morgan fingerprint density at radius 2 is 1.87 bits per heavy atom. The number of esters is 1. The molecular weight excluding hydrogens is 396 g/mol. The van der Waals surface area contributed by atoms with Crippen molar-refractivity contribution in [2.75, 3.05) is 26.7 Å². The molecule has 0 unspecified atom stereocenters. The van der Waals surface area contributed by atoms with Gasteiger partial charge in [-0.1, -0.05) is 29.8 Å². The highest BCUT2D eigenvalue weighted by Gasteiger charge is 2.25. The molecule has 1 amide bonds. The highest BCUT2D eigenvalue weighted by molar-refractivity contribution is 7.14. The molecule has 0 saturated carbocycles. The topological polar surface area (TPSA) is 70.4 Å². The number of thiophene rings is 1. The molecule has 2 aromatic rings. The first-order chi connectivity index (χ1) is 14.5. The van der Waals surface area contributed by atoms with Gasteiger partial charge in [0, 0.05) is 28.9 Å². The van der Waals surface area contributed by atoms with Crippen molar-refractivity contribution in [2.45, 2.75) is 25.7 Å². The van der Waals surface area contributed by atoms with E-state index in [1.807, 2.05) is 0 Å². The van der Waals surface area contributed by atoms with Crippen LogP contribution in [-0.4, -0.2) is 43.5 Å². The summed E-state index contributed by atoms with van der Waals surface area (Å²) in [6.45, 7) is 1.65. The zero-order chi connectivity index (χ0) is 21.1. The zero-order valence-electron chi connectivity index (χ0n) is 17.1. The molecule has 1 saturated heterocycles. The SMILES string of the molecule is CN1CCC(=C2c3ccccc3CCc3cc(C=CC(=O)OCC([NH])=O)sc32)CC1. The van der Waals surface area contributed by atoms with Gasteiger partial charge in [-0.3, -0.25) is 10.5 Å². The molecule has 0 atom stereocenters. The van der Waals surface area contributed by atoms with Gasteiger partial charge in [-0.05, 0) is 67.1 Å². The zero-order valence-corrected chi connectivity index (χ0v) is 17.9. The van der Waals surface area contributed by atoms with Crippen molar-refractivity contribution in [3.05, 3.63) is 68.4 Å². The van der Waals surface area contributed by atoms with Crippen LogP contribution in [0.25, 0.3) is 11.6 Å². The van der Waals surface area contributed by atoms with Gasteiger partial charge >= 0.3 is 5.97 Å². The first-order valence-corrected chi connectivity index (χ1v) is 11.0. The molecule has 2 aliphatic rings. The molecule has 1 N–H and O–H groups in total. The highest BCUT2D eigenvalue weighted by atomic mass is 32.1. The normalized spacial score (nSPS) is 16.8. The van der Waals surface area contributed by atoms with E-state index in [4.69, 9.17) is 10.5 Å². The van der Waals surface area contributed by atoms with E-state index in [2.05, 4.69) is 42.3 Å². The minimum atomic E-state index is -0.910. The minimum Gasteiger partial charge on any atom is -0.452 e. The second-order valence-corrected chi connectivity index (χ2v) is 8.89. The van der Waals surface area contributed by atoms with E-state index in [9.17, 15) is 9.59 Å². The molecule has 5 nitrogen and oxygen atoms in total. The summed E-state index contributed by atoms with van der Waals surface area (Å²) >= 11 is 1.71. The maximum absolute atomic E-state index is 11.8. The second-order valence-electron chi connectivity index (χ2n) is 7.81. The number of amides is 1. The van der Waals surface area contributed by atoms with E-state index in [0.717, 1.165) is 43.6 Å². The fourth-order valence-corrected chi connectivity index (χ4v) is 5.35. The van der Waals surface area contributed by atoms with Crippen molar-refractivity contribution in [2.24, 2.45) is 0 Å². The van der Waals surface area contributed by atoms with Gasteiger partial charge in [-0.2, -0.15) is 0 Å².